The van der Waals surface area contributed by atoms with E-state index >= 15 is 0 Å². The lowest BCUT2D eigenvalue weighted by atomic mass is 9.92. The van der Waals surface area contributed by atoms with E-state index in [0.29, 0.717) is 0 Å². The van der Waals surface area contributed by atoms with Gasteiger partial charge in [-0.2, -0.15) is 0 Å². The van der Waals surface area contributed by atoms with E-state index in [4.69, 9.17) is 5.11 Å². The molecule has 0 saturated heterocycles. The van der Waals surface area contributed by atoms with E-state index < -0.39 is 12.1 Å². The van der Waals surface area contributed by atoms with Crippen LogP contribution in [0.2, 0.25) is 0 Å². The van der Waals surface area contributed by atoms with Crippen molar-refractivity contribution in [3.63, 3.8) is 0 Å². The fraction of sp³-hybridized carbons (Fsp3) is 0.278. The van der Waals surface area contributed by atoms with Crippen molar-refractivity contribution in [3.05, 3.63) is 70.3 Å². The first-order chi connectivity index (χ1) is 9.97. The average molecular weight is 284 g/mol. The number of hydrogen-bond donors (Lipinski definition) is 2. The van der Waals surface area contributed by atoms with Gasteiger partial charge < -0.3 is 10.2 Å². The SMILES string of the molecule is Cc1cc(CC(O)C(=O)O)cc(C)c1Cc1ccccc1. The molecule has 0 aliphatic carbocycles. The van der Waals surface area contributed by atoms with Crippen molar-refractivity contribution in [2.75, 3.05) is 0 Å². The van der Waals surface area contributed by atoms with Gasteiger partial charge in [0, 0.05) is 6.42 Å². The zero-order valence-electron chi connectivity index (χ0n) is 12.3. The summed E-state index contributed by atoms with van der Waals surface area (Å²) in [5.74, 6) is -1.18. The Morgan fingerprint density at radius 3 is 2.14 bits per heavy atom. The first-order valence-electron chi connectivity index (χ1n) is 7.01. The van der Waals surface area contributed by atoms with Crippen molar-refractivity contribution in [1.29, 1.82) is 0 Å². The smallest absolute Gasteiger partial charge is 0.332 e. The van der Waals surface area contributed by atoms with Gasteiger partial charge in [0.25, 0.3) is 0 Å². The summed E-state index contributed by atoms with van der Waals surface area (Å²) in [7, 11) is 0. The molecule has 0 radical (unpaired) electrons. The van der Waals surface area contributed by atoms with Crippen LogP contribution >= 0.6 is 0 Å². The normalized spacial score (nSPS) is 12.1. The molecule has 2 aromatic carbocycles. The highest BCUT2D eigenvalue weighted by Crippen LogP contribution is 2.21. The molecule has 0 bridgehead atoms. The van der Waals surface area contributed by atoms with Gasteiger partial charge in [0.1, 0.15) is 0 Å². The van der Waals surface area contributed by atoms with E-state index in [2.05, 4.69) is 12.1 Å². The summed E-state index contributed by atoms with van der Waals surface area (Å²) < 4.78 is 0. The molecule has 110 valence electrons. The Morgan fingerprint density at radius 1 is 1.05 bits per heavy atom. The standard InChI is InChI=1S/C18H20O3/c1-12-8-15(11-17(19)18(20)21)9-13(2)16(12)10-14-6-4-3-5-7-14/h3-9,17,19H,10-11H2,1-2H3,(H,20,21). The molecule has 3 nitrogen and oxygen atoms in total. The van der Waals surface area contributed by atoms with Crippen molar-refractivity contribution in [3.8, 4) is 0 Å². The van der Waals surface area contributed by atoms with Crippen LogP contribution in [0.5, 0.6) is 0 Å². The van der Waals surface area contributed by atoms with Crippen LogP contribution in [0.3, 0.4) is 0 Å². The number of aliphatic hydroxyl groups is 1. The Labute approximate surface area is 124 Å². The summed E-state index contributed by atoms with van der Waals surface area (Å²) in [6.07, 6.45) is -0.341. The molecule has 0 amide bonds. The molecule has 0 fully saturated rings. The second-order valence-corrected chi connectivity index (χ2v) is 5.43. The van der Waals surface area contributed by atoms with Gasteiger partial charge in [-0.25, -0.2) is 4.79 Å². The van der Waals surface area contributed by atoms with Crippen molar-refractivity contribution in [1.82, 2.24) is 0 Å². The number of benzene rings is 2. The highest BCUT2D eigenvalue weighted by molar-refractivity contribution is 5.72. The third kappa shape index (κ3) is 3.92. The number of carboxylic acids is 1. The minimum atomic E-state index is -1.34. The summed E-state index contributed by atoms with van der Waals surface area (Å²) in [4.78, 5) is 10.7. The van der Waals surface area contributed by atoms with Crippen LogP contribution in [0.15, 0.2) is 42.5 Å². The van der Waals surface area contributed by atoms with Gasteiger partial charge in [-0.15, -0.1) is 0 Å². The summed E-state index contributed by atoms with van der Waals surface area (Å²) in [6.45, 7) is 4.06. The Hall–Kier alpha value is -2.13. The Kier molecular flexibility index (Phi) is 4.76. The minimum absolute atomic E-state index is 0.141. The number of aliphatic hydroxyl groups excluding tert-OH is 1. The quantitative estimate of drug-likeness (QED) is 0.887. The molecule has 0 spiro atoms. The van der Waals surface area contributed by atoms with Crippen molar-refractivity contribution < 1.29 is 15.0 Å². The molecule has 1 unspecified atom stereocenters. The molecule has 2 aromatic rings. The van der Waals surface area contributed by atoms with Crippen LogP contribution in [0.25, 0.3) is 0 Å². The highest BCUT2D eigenvalue weighted by Gasteiger charge is 2.15. The van der Waals surface area contributed by atoms with Gasteiger partial charge >= 0.3 is 5.97 Å². The maximum atomic E-state index is 10.7. The first-order valence-corrected chi connectivity index (χ1v) is 7.01. The van der Waals surface area contributed by atoms with Gasteiger partial charge in [0.05, 0.1) is 0 Å². The van der Waals surface area contributed by atoms with E-state index in [0.717, 1.165) is 23.1 Å². The number of rotatable bonds is 5. The van der Waals surface area contributed by atoms with Crippen LogP contribution < -0.4 is 0 Å². The van der Waals surface area contributed by atoms with Crippen molar-refractivity contribution >= 4 is 5.97 Å². The summed E-state index contributed by atoms with van der Waals surface area (Å²) in [6, 6.07) is 14.2. The largest absolute Gasteiger partial charge is 0.479 e. The number of hydrogen-bond acceptors (Lipinski definition) is 2. The maximum absolute atomic E-state index is 10.7. The second-order valence-electron chi connectivity index (χ2n) is 5.43. The van der Waals surface area contributed by atoms with Gasteiger partial charge in [0.2, 0.25) is 0 Å². The van der Waals surface area contributed by atoms with Gasteiger partial charge in [-0.3, -0.25) is 0 Å². The zero-order valence-corrected chi connectivity index (χ0v) is 12.3. The summed E-state index contributed by atoms with van der Waals surface area (Å²) in [5, 5.41) is 18.2. The summed E-state index contributed by atoms with van der Waals surface area (Å²) >= 11 is 0. The van der Waals surface area contributed by atoms with E-state index in [9.17, 15) is 9.90 Å². The number of carbonyl (C=O) groups is 1. The van der Waals surface area contributed by atoms with Gasteiger partial charge in [0.15, 0.2) is 6.10 Å². The molecule has 21 heavy (non-hydrogen) atoms. The van der Waals surface area contributed by atoms with Crippen LogP contribution in [-0.4, -0.2) is 22.3 Å². The molecule has 0 aliphatic heterocycles. The molecule has 3 heteroatoms. The molecule has 2 rings (SSSR count). The van der Waals surface area contributed by atoms with E-state index in [1.807, 2.05) is 44.2 Å². The zero-order chi connectivity index (χ0) is 15.4. The van der Waals surface area contributed by atoms with Gasteiger partial charge in [-0.1, -0.05) is 42.5 Å². The first kappa shape index (κ1) is 15.3. The predicted octanol–water partition coefficient (Wildman–Crippen LogP) is 2.88. The van der Waals surface area contributed by atoms with E-state index in [1.165, 1.54) is 11.1 Å². The molecule has 0 heterocycles. The number of aliphatic carboxylic acids is 1. The van der Waals surface area contributed by atoms with E-state index in [1.54, 1.807) is 0 Å². The molecule has 0 saturated carbocycles. The lowest BCUT2D eigenvalue weighted by Crippen LogP contribution is -2.22. The molecule has 2 N–H and O–H groups in total. The third-order valence-corrected chi connectivity index (χ3v) is 3.69. The fourth-order valence-electron chi connectivity index (χ4n) is 2.59. The fourth-order valence-corrected chi connectivity index (χ4v) is 2.59. The monoisotopic (exact) mass is 284 g/mol. The lowest BCUT2D eigenvalue weighted by Gasteiger charge is -2.14. The lowest BCUT2D eigenvalue weighted by molar-refractivity contribution is -0.146. The van der Waals surface area contributed by atoms with Crippen molar-refractivity contribution in [2.24, 2.45) is 0 Å². The molecule has 0 aliphatic rings. The Balaban J connectivity index is 2.23. The minimum Gasteiger partial charge on any atom is -0.479 e. The predicted molar refractivity (Wildman–Crippen MR) is 82.5 cm³/mol. The molecule has 1 atom stereocenters. The van der Waals surface area contributed by atoms with Gasteiger partial charge in [-0.05, 0) is 48.1 Å². The molecular weight excluding hydrogens is 264 g/mol. The Bertz CT molecular complexity index is 609. The second kappa shape index (κ2) is 6.55. The highest BCUT2D eigenvalue weighted by atomic mass is 16.4. The van der Waals surface area contributed by atoms with Crippen LogP contribution in [0.4, 0.5) is 0 Å². The number of aryl methyl sites for hydroxylation is 2. The van der Waals surface area contributed by atoms with Crippen molar-refractivity contribution in [2.45, 2.75) is 32.8 Å². The summed E-state index contributed by atoms with van der Waals surface area (Å²) in [5.41, 5.74) is 5.63. The van der Waals surface area contributed by atoms with Crippen LogP contribution in [0, 0.1) is 13.8 Å². The van der Waals surface area contributed by atoms with Crippen LogP contribution in [0.1, 0.15) is 27.8 Å². The Morgan fingerprint density at radius 2 is 1.62 bits per heavy atom. The topological polar surface area (TPSA) is 57.5 Å². The third-order valence-electron chi connectivity index (χ3n) is 3.69. The number of carboxylic acid groups (broad SMARTS) is 1. The van der Waals surface area contributed by atoms with Crippen LogP contribution in [-0.2, 0) is 17.6 Å². The van der Waals surface area contributed by atoms with E-state index in [-0.39, 0.29) is 6.42 Å². The maximum Gasteiger partial charge on any atom is 0.332 e. The molecule has 0 aromatic heterocycles. The molecular formula is C18H20O3. The average Bonchev–Trinajstić information content (AvgIpc) is 2.44.